The van der Waals surface area contributed by atoms with Gasteiger partial charge in [-0.05, 0) is 18.6 Å². The van der Waals surface area contributed by atoms with Crippen molar-refractivity contribution >= 4 is 11.5 Å². The fourth-order valence-electron chi connectivity index (χ4n) is 1.60. The van der Waals surface area contributed by atoms with Gasteiger partial charge in [-0.2, -0.15) is 5.26 Å². The van der Waals surface area contributed by atoms with Crippen LogP contribution in [0.3, 0.4) is 0 Å². The minimum absolute atomic E-state index is 0.202. The smallest absolute Gasteiger partial charge is 0.165 e. The van der Waals surface area contributed by atoms with Crippen LogP contribution in [0.1, 0.15) is 25.5 Å². The molecule has 92 valence electrons. The topological polar surface area (TPSA) is 84.0 Å². The zero-order valence-corrected chi connectivity index (χ0v) is 10.2. The number of anilines is 2. The molecule has 0 radical (unpaired) electrons. The molecule has 1 unspecified atom stereocenters. The van der Waals surface area contributed by atoms with E-state index in [1.807, 2.05) is 6.07 Å². The molecule has 0 aliphatic heterocycles. The van der Waals surface area contributed by atoms with Crippen LogP contribution in [-0.4, -0.2) is 24.7 Å². The van der Waals surface area contributed by atoms with Gasteiger partial charge in [0.25, 0.3) is 0 Å². The molecule has 0 aromatic carbocycles. The Morgan fingerprint density at radius 3 is 2.94 bits per heavy atom. The van der Waals surface area contributed by atoms with Gasteiger partial charge >= 0.3 is 0 Å². The highest BCUT2D eigenvalue weighted by molar-refractivity contribution is 5.54. The monoisotopic (exact) mass is 234 g/mol. The maximum absolute atomic E-state index is 8.84. The molecule has 5 nitrogen and oxygen atoms in total. The fourth-order valence-corrected chi connectivity index (χ4v) is 1.60. The van der Waals surface area contributed by atoms with Crippen LogP contribution in [0, 0.1) is 11.3 Å². The van der Waals surface area contributed by atoms with E-state index in [4.69, 9.17) is 15.7 Å². The molecule has 0 aliphatic rings. The molecule has 3 N–H and O–H groups in total. The number of hydrogen-bond acceptors (Lipinski definition) is 5. The zero-order chi connectivity index (χ0) is 12.7. The number of nitrogen functional groups attached to an aromatic ring is 1. The first kappa shape index (κ1) is 13.3. The average Bonchev–Trinajstić information content (AvgIpc) is 2.32. The van der Waals surface area contributed by atoms with Crippen LogP contribution in [-0.2, 0) is 4.74 Å². The molecular formula is C12H18N4O. The van der Waals surface area contributed by atoms with Crippen molar-refractivity contribution in [1.29, 1.82) is 5.26 Å². The second-order valence-electron chi connectivity index (χ2n) is 3.83. The maximum Gasteiger partial charge on any atom is 0.165 e. The van der Waals surface area contributed by atoms with E-state index in [1.165, 1.54) is 0 Å². The third-order valence-electron chi connectivity index (χ3n) is 2.39. The molecular weight excluding hydrogens is 216 g/mol. The first-order valence-corrected chi connectivity index (χ1v) is 5.63. The summed E-state index contributed by atoms with van der Waals surface area (Å²) in [6.07, 6.45) is 2.04. The number of nitrogens with one attached hydrogen (secondary N) is 1. The van der Waals surface area contributed by atoms with Gasteiger partial charge in [-0.1, -0.05) is 13.3 Å². The molecule has 0 bridgehead atoms. The van der Waals surface area contributed by atoms with Crippen LogP contribution < -0.4 is 11.1 Å². The lowest BCUT2D eigenvalue weighted by Gasteiger charge is -2.17. The van der Waals surface area contributed by atoms with Gasteiger partial charge in [0.15, 0.2) is 5.69 Å². The third kappa shape index (κ3) is 3.93. The standard InChI is InChI=1S/C12H18N4O/c1-3-4-9(8-17-2)15-12-6-5-10(14)11(7-13)16-12/h5-6,9H,3-4,8,14H2,1-2H3,(H,15,16). The number of aromatic nitrogens is 1. The van der Waals surface area contributed by atoms with E-state index in [0.29, 0.717) is 18.1 Å². The van der Waals surface area contributed by atoms with Gasteiger partial charge < -0.3 is 15.8 Å². The number of ether oxygens (including phenoxy) is 1. The van der Waals surface area contributed by atoms with Crippen LogP contribution in [0.25, 0.3) is 0 Å². The third-order valence-corrected chi connectivity index (χ3v) is 2.39. The van der Waals surface area contributed by atoms with E-state index >= 15 is 0 Å². The van der Waals surface area contributed by atoms with E-state index in [0.717, 1.165) is 12.8 Å². The molecule has 5 heteroatoms. The molecule has 1 atom stereocenters. The summed E-state index contributed by atoms with van der Waals surface area (Å²) in [4.78, 5) is 4.14. The number of rotatable bonds is 6. The Bertz CT molecular complexity index is 394. The van der Waals surface area contributed by atoms with Crippen molar-refractivity contribution in [2.45, 2.75) is 25.8 Å². The maximum atomic E-state index is 8.84. The number of nitrogens with two attached hydrogens (primary N) is 1. The normalized spacial score (nSPS) is 11.8. The molecule has 0 spiro atoms. The van der Waals surface area contributed by atoms with E-state index in [-0.39, 0.29) is 11.7 Å². The highest BCUT2D eigenvalue weighted by atomic mass is 16.5. The van der Waals surface area contributed by atoms with Gasteiger partial charge in [0.05, 0.1) is 18.3 Å². The van der Waals surface area contributed by atoms with E-state index in [2.05, 4.69) is 17.2 Å². The minimum Gasteiger partial charge on any atom is -0.396 e. The Labute approximate surface area is 102 Å². The number of pyridine rings is 1. The molecule has 0 saturated heterocycles. The van der Waals surface area contributed by atoms with Crippen LogP contribution in [0.15, 0.2) is 12.1 Å². The quantitative estimate of drug-likeness (QED) is 0.783. The summed E-state index contributed by atoms with van der Waals surface area (Å²) >= 11 is 0. The number of methoxy groups -OCH3 is 1. The molecule has 1 rings (SSSR count). The molecule has 0 fully saturated rings. The first-order chi connectivity index (χ1) is 8.21. The second kappa shape index (κ2) is 6.71. The van der Waals surface area contributed by atoms with Crippen molar-refractivity contribution in [1.82, 2.24) is 4.98 Å². The molecule has 0 saturated carbocycles. The van der Waals surface area contributed by atoms with Crippen LogP contribution in [0.5, 0.6) is 0 Å². The Morgan fingerprint density at radius 2 is 2.35 bits per heavy atom. The van der Waals surface area contributed by atoms with Gasteiger partial charge in [0, 0.05) is 7.11 Å². The molecule has 1 heterocycles. The van der Waals surface area contributed by atoms with Crippen LogP contribution in [0.4, 0.5) is 11.5 Å². The molecule has 0 amide bonds. The Kier molecular flexibility index (Phi) is 5.24. The van der Waals surface area contributed by atoms with Crippen molar-refractivity contribution in [3.05, 3.63) is 17.8 Å². The van der Waals surface area contributed by atoms with Gasteiger partial charge in [-0.25, -0.2) is 4.98 Å². The molecule has 1 aromatic heterocycles. The van der Waals surface area contributed by atoms with Gasteiger partial charge in [-0.15, -0.1) is 0 Å². The van der Waals surface area contributed by atoms with Crippen molar-refractivity contribution in [2.24, 2.45) is 0 Å². The van der Waals surface area contributed by atoms with Crippen LogP contribution in [0.2, 0.25) is 0 Å². The Morgan fingerprint density at radius 1 is 1.59 bits per heavy atom. The minimum atomic E-state index is 0.202. The summed E-state index contributed by atoms with van der Waals surface area (Å²) in [5, 5.41) is 12.1. The summed E-state index contributed by atoms with van der Waals surface area (Å²) in [5.41, 5.74) is 6.26. The predicted molar refractivity (Wildman–Crippen MR) is 67.6 cm³/mol. The number of nitrogens with zero attached hydrogens (tertiary/aromatic N) is 2. The number of hydrogen-bond donors (Lipinski definition) is 2. The van der Waals surface area contributed by atoms with E-state index in [1.54, 1.807) is 19.2 Å². The van der Waals surface area contributed by atoms with E-state index in [9.17, 15) is 0 Å². The van der Waals surface area contributed by atoms with Crippen molar-refractivity contribution in [2.75, 3.05) is 24.8 Å². The Balaban J connectivity index is 2.75. The number of nitriles is 1. The lowest BCUT2D eigenvalue weighted by Crippen LogP contribution is -2.25. The highest BCUT2D eigenvalue weighted by Gasteiger charge is 2.09. The van der Waals surface area contributed by atoms with Crippen molar-refractivity contribution < 1.29 is 4.74 Å². The van der Waals surface area contributed by atoms with Gasteiger partial charge in [0.1, 0.15) is 11.9 Å². The first-order valence-electron chi connectivity index (χ1n) is 5.63. The fraction of sp³-hybridized carbons (Fsp3) is 0.500. The second-order valence-corrected chi connectivity index (χ2v) is 3.83. The van der Waals surface area contributed by atoms with Gasteiger partial charge in [-0.3, -0.25) is 0 Å². The van der Waals surface area contributed by atoms with Crippen molar-refractivity contribution in [3.63, 3.8) is 0 Å². The SMILES string of the molecule is CCCC(COC)Nc1ccc(N)c(C#N)n1. The molecule has 1 aromatic rings. The lowest BCUT2D eigenvalue weighted by atomic mass is 10.2. The predicted octanol–water partition coefficient (Wildman–Crippen LogP) is 1.76. The zero-order valence-electron chi connectivity index (χ0n) is 10.2. The highest BCUT2D eigenvalue weighted by Crippen LogP contribution is 2.14. The summed E-state index contributed by atoms with van der Waals surface area (Å²) in [5.74, 6) is 0.659. The van der Waals surface area contributed by atoms with Crippen LogP contribution >= 0.6 is 0 Å². The molecule has 17 heavy (non-hydrogen) atoms. The average molecular weight is 234 g/mol. The van der Waals surface area contributed by atoms with E-state index < -0.39 is 0 Å². The lowest BCUT2D eigenvalue weighted by molar-refractivity contribution is 0.182. The van der Waals surface area contributed by atoms with Crippen molar-refractivity contribution in [3.8, 4) is 6.07 Å². The summed E-state index contributed by atoms with van der Waals surface area (Å²) in [7, 11) is 1.67. The summed E-state index contributed by atoms with van der Waals surface area (Å²) in [6, 6.07) is 5.62. The largest absolute Gasteiger partial charge is 0.396 e. The summed E-state index contributed by atoms with van der Waals surface area (Å²) < 4.78 is 5.13. The summed E-state index contributed by atoms with van der Waals surface area (Å²) in [6.45, 7) is 2.73. The molecule has 0 aliphatic carbocycles. The van der Waals surface area contributed by atoms with Gasteiger partial charge in [0.2, 0.25) is 0 Å². The Hall–Kier alpha value is -1.80.